The Morgan fingerprint density at radius 3 is 2.67 bits per heavy atom. The Morgan fingerprint density at radius 2 is 2.10 bits per heavy atom. The lowest BCUT2D eigenvalue weighted by molar-refractivity contribution is 0.0993. The van der Waals surface area contributed by atoms with E-state index in [1.165, 1.54) is 16.2 Å². The van der Waals surface area contributed by atoms with Crippen LogP contribution in [0.15, 0.2) is 43.1 Å². The number of amidine groups is 1. The number of halogens is 2. The highest BCUT2D eigenvalue weighted by Crippen LogP contribution is 2.33. The van der Waals surface area contributed by atoms with Gasteiger partial charge in [0.1, 0.15) is 0 Å². The Kier molecular flexibility index (Phi) is 5.02. The Hall–Kier alpha value is -1.38. The third kappa shape index (κ3) is 3.45. The minimum atomic E-state index is -0.152. The third-order valence-corrected chi connectivity index (χ3v) is 5.17. The summed E-state index contributed by atoms with van der Waals surface area (Å²) in [6.45, 7) is 0. The van der Waals surface area contributed by atoms with Gasteiger partial charge in [0.2, 0.25) is 0 Å². The van der Waals surface area contributed by atoms with Crippen LogP contribution in [-0.2, 0) is 0 Å². The predicted molar refractivity (Wildman–Crippen MR) is 91.4 cm³/mol. The number of hydrogen-bond donors (Lipinski definition) is 2. The number of thiophene rings is 1. The minimum Gasteiger partial charge on any atom is -0.409 e. The lowest BCUT2D eigenvalue weighted by atomic mass is 10.1. The summed E-state index contributed by atoms with van der Waals surface area (Å²) in [6.07, 6.45) is 0. The van der Waals surface area contributed by atoms with Crippen molar-refractivity contribution in [3.8, 4) is 0 Å². The van der Waals surface area contributed by atoms with Crippen LogP contribution in [0.4, 0.5) is 5.69 Å². The molecule has 0 unspecified atom stereocenters. The number of nitrogens with two attached hydrogens (primary N) is 1. The molecule has 0 aliphatic carbocycles. The van der Waals surface area contributed by atoms with Crippen molar-refractivity contribution in [2.45, 2.75) is 0 Å². The molecule has 2 aromatic rings. The fraction of sp³-hybridized carbons (Fsp3) is 0.0769. The lowest BCUT2D eigenvalue weighted by Gasteiger charge is -2.17. The molecular formula is C13H11Br2N3O2S. The van der Waals surface area contributed by atoms with Gasteiger partial charge >= 0.3 is 0 Å². The molecule has 0 aliphatic heterocycles. The van der Waals surface area contributed by atoms with Gasteiger partial charge in [-0.1, -0.05) is 17.3 Å². The normalized spacial score (nSPS) is 11.5. The van der Waals surface area contributed by atoms with Gasteiger partial charge in [0.05, 0.1) is 13.1 Å². The molecule has 0 bridgehead atoms. The van der Waals surface area contributed by atoms with Gasteiger partial charge in [0.25, 0.3) is 5.91 Å². The van der Waals surface area contributed by atoms with Crippen LogP contribution in [0.2, 0.25) is 0 Å². The molecule has 1 aromatic heterocycles. The molecule has 1 aromatic carbocycles. The molecular weight excluding hydrogens is 422 g/mol. The van der Waals surface area contributed by atoms with Crippen molar-refractivity contribution in [3.63, 3.8) is 0 Å². The molecule has 5 nitrogen and oxygen atoms in total. The highest BCUT2D eigenvalue weighted by molar-refractivity contribution is 9.12. The van der Waals surface area contributed by atoms with Gasteiger partial charge in [0.15, 0.2) is 5.84 Å². The van der Waals surface area contributed by atoms with Crippen molar-refractivity contribution in [1.82, 2.24) is 0 Å². The number of amides is 1. The van der Waals surface area contributed by atoms with Gasteiger partial charge in [-0.3, -0.25) is 4.79 Å². The van der Waals surface area contributed by atoms with Crippen molar-refractivity contribution in [1.29, 1.82) is 0 Å². The number of benzene rings is 1. The molecule has 0 saturated carbocycles. The zero-order valence-corrected chi connectivity index (χ0v) is 14.9. The molecule has 1 heterocycles. The van der Waals surface area contributed by atoms with E-state index < -0.39 is 0 Å². The first-order valence-corrected chi connectivity index (χ1v) is 8.15. The van der Waals surface area contributed by atoms with Crippen molar-refractivity contribution >= 4 is 60.6 Å². The number of hydrogen-bond acceptors (Lipinski definition) is 4. The highest BCUT2D eigenvalue weighted by Gasteiger charge is 2.19. The molecule has 110 valence electrons. The molecule has 21 heavy (non-hydrogen) atoms. The number of rotatable bonds is 3. The standard InChI is InChI=1S/C13H11Br2N3O2S/c1-18(13(19)9-6-10(14)21-11(9)15)8-4-2-3-7(5-8)12(16)17-20/h2-6,20H,1H3,(H2,16,17). The second-order valence-electron chi connectivity index (χ2n) is 4.14. The van der Waals surface area contributed by atoms with E-state index in [0.29, 0.717) is 16.8 Å². The van der Waals surface area contributed by atoms with E-state index in [2.05, 4.69) is 37.0 Å². The van der Waals surface area contributed by atoms with E-state index >= 15 is 0 Å². The maximum Gasteiger partial charge on any atom is 0.260 e. The summed E-state index contributed by atoms with van der Waals surface area (Å²) in [4.78, 5) is 14.0. The van der Waals surface area contributed by atoms with E-state index in [4.69, 9.17) is 10.9 Å². The van der Waals surface area contributed by atoms with Crippen LogP contribution in [0, 0.1) is 0 Å². The Bertz CT molecular complexity index is 715. The van der Waals surface area contributed by atoms with Crippen LogP contribution < -0.4 is 10.6 Å². The first kappa shape index (κ1) is 16.0. The van der Waals surface area contributed by atoms with E-state index in [-0.39, 0.29) is 11.7 Å². The van der Waals surface area contributed by atoms with Crippen LogP contribution in [-0.4, -0.2) is 24.0 Å². The van der Waals surface area contributed by atoms with Gasteiger partial charge in [0, 0.05) is 18.3 Å². The molecule has 0 aliphatic rings. The molecule has 0 saturated heterocycles. The van der Waals surface area contributed by atoms with Gasteiger partial charge in [-0.25, -0.2) is 0 Å². The molecule has 0 atom stereocenters. The van der Waals surface area contributed by atoms with Crippen molar-refractivity contribution < 1.29 is 10.0 Å². The average Bonchev–Trinajstić information content (AvgIpc) is 2.83. The van der Waals surface area contributed by atoms with Gasteiger partial charge in [-0.2, -0.15) is 0 Å². The summed E-state index contributed by atoms with van der Waals surface area (Å²) < 4.78 is 1.63. The van der Waals surface area contributed by atoms with Crippen LogP contribution in [0.3, 0.4) is 0 Å². The molecule has 2 rings (SSSR count). The summed E-state index contributed by atoms with van der Waals surface area (Å²) in [7, 11) is 1.67. The maximum atomic E-state index is 12.5. The largest absolute Gasteiger partial charge is 0.409 e. The van der Waals surface area contributed by atoms with Gasteiger partial charge in [-0.15, -0.1) is 11.3 Å². The fourth-order valence-electron chi connectivity index (χ4n) is 1.72. The molecule has 3 N–H and O–H groups in total. The molecule has 0 spiro atoms. The lowest BCUT2D eigenvalue weighted by Crippen LogP contribution is -2.26. The first-order chi connectivity index (χ1) is 9.93. The monoisotopic (exact) mass is 431 g/mol. The van der Waals surface area contributed by atoms with E-state index in [0.717, 1.165) is 7.57 Å². The summed E-state index contributed by atoms with van der Waals surface area (Å²) in [5.74, 6) is -0.155. The quantitative estimate of drug-likeness (QED) is 0.336. The average molecular weight is 433 g/mol. The smallest absolute Gasteiger partial charge is 0.260 e. The van der Waals surface area contributed by atoms with Crippen molar-refractivity contribution in [3.05, 3.63) is 49.0 Å². The Morgan fingerprint density at radius 1 is 1.38 bits per heavy atom. The first-order valence-electron chi connectivity index (χ1n) is 5.75. The summed E-state index contributed by atoms with van der Waals surface area (Å²) in [5.41, 5.74) is 7.33. The Balaban J connectivity index is 2.34. The number of nitrogens with zero attached hydrogens (tertiary/aromatic N) is 2. The van der Waals surface area contributed by atoms with Gasteiger partial charge in [-0.05, 0) is 50.1 Å². The van der Waals surface area contributed by atoms with Crippen LogP contribution in [0.5, 0.6) is 0 Å². The molecule has 0 radical (unpaired) electrons. The van der Waals surface area contributed by atoms with E-state index in [1.807, 2.05) is 0 Å². The molecule has 8 heteroatoms. The Labute approximate surface area is 142 Å². The minimum absolute atomic E-state index is 0.00263. The van der Waals surface area contributed by atoms with Crippen molar-refractivity contribution in [2.24, 2.45) is 10.9 Å². The van der Waals surface area contributed by atoms with Crippen LogP contribution in [0.25, 0.3) is 0 Å². The fourth-order valence-corrected chi connectivity index (χ4v) is 4.49. The zero-order valence-electron chi connectivity index (χ0n) is 10.9. The van der Waals surface area contributed by atoms with Crippen molar-refractivity contribution in [2.75, 3.05) is 11.9 Å². The third-order valence-electron chi connectivity index (χ3n) is 2.83. The number of carbonyl (C=O) groups is 1. The van der Waals surface area contributed by atoms with Crippen LogP contribution >= 0.6 is 43.2 Å². The number of carbonyl (C=O) groups excluding carboxylic acids is 1. The van der Waals surface area contributed by atoms with Gasteiger partial charge < -0.3 is 15.8 Å². The summed E-state index contributed by atoms with van der Waals surface area (Å²) in [6, 6.07) is 8.67. The summed E-state index contributed by atoms with van der Waals surface area (Å²) >= 11 is 8.17. The number of oxime groups is 1. The second-order valence-corrected chi connectivity index (χ2v) is 7.89. The zero-order chi connectivity index (χ0) is 15.6. The van der Waals surface area contributed by atoms with E-state index in [1.54, 1.807) is 37.4 Å². The SMILES string of the molecule is CN(C(=O)c1cc(Br)sc1Br)c1cccc(/C(N)=N/O)c1. The predicted octanol–water partition coefficient (Wildman–Crippen LogP) is 3.64. The molecule has 0 fully saturated rings. The second kappa shape index (κ2) is 6.59. The summed E-state index contributed by atoms with van der Waals surface area (Å²) in [5, 5.41) is 11.7. The highest BCUT2D eigenvalue weighted by atomic mass is 79.9. The number of anilines is 1. The molecule has 1 amide bonds. The topological polar surface area (TPSA) is 78.9 Å². The van der Waals surface area contributed by atoms with Crippen LogP contribution in [0.1, 0.15) is 15.9 Å². The van der Waals surface area contributed by atoms with E-state index in [9.17, 15) is 4.79 Å². The maximum absolute atomic E-state index is 12.5.